The van der Waals surface area contributed by atoms with E-state index < -0.39 is 0 Å². The molecule has 1 heterocycles. The van der Waals surface area contributed by atoms with Gasteiger partial charge < -0.3 is 15.1 Å². The minimum atomic E-state index is -0.219. The summed E-state index contributed by atoms with van der Waals surface area (Å²) in [5, 5.41) is 6.08. The first-order chi connectivity index (χ1) is 8.70. The SMILES string of the molecule is CNC(=O)c1cc(NCc2cnco2)ccc1Cl. The Labute approximate surface area is 109 Å². The summed E-state index contributed by atoms with van der Waals surface area (Å²) in [6.45, 7) is 0.495. The molecule has 2 N–H and O–H groups in total. The number of amides is 1. The quantitative estimate of drug-likeness (QED) is 0.890. The third kappa shape index (κ3) is 2.81. The molecule has 1 aromatic carbocycles. The first-order valence-corrected chi connectivity index (χ1v) is 5.71. The van der Waals surface area contributed by atoms with E-state index in [2.05, 4.69) is 15.6 Å². The monoisotopic (exact) mass is 265 g/mol. The number of oxazole rings is 1. The molecule has 2 rings (SSSR count). The minimum Gasteiger partial charge on any atom is -0.447 e. The normalized spacial score (nSPS) is 10.1. The second-order valence-corrected chi connectivity index (χ2v) is 4.00. The van der Waals surface area contributed by atoms with Crippen molar-refractivity contribution in [3.05, 3.63) is 47.1 Å². The Morgan fingerprint density at radius 3 is 3.00 bits per heavy atom. The van der Waals surface area contributed by atoms with Gasteiger partial charge in [-0.15, -0.1) is 0 Å². The van der Waals surface area contributed by atoms with Crippen LogP contribution in [0.25, 0.3) is 0 Å². The Morgan fingerprint density at radius 1 is 1.50 bits per heavy atom. The molecule has 2 aromatic rings. The van der Waals surface area contributed by atoms with Crippen LogP contribution in [0.5, 0.6) is 0 Å². The summed E-state index contributed by atoms with van der Waals surface area (Å²) in [4.78, 5) is 15.4. The van der Waals surface area contributed by atoms with E-state index in [0.29, 0.717) is 22.9 Å². The number of nitrogens with zero attached hydrogens (tertiary/aromatic N) is 1. The van der Waals surface area contributed by atoms with Gasteiger partial charge in [0.2, 0.25) is 0 Å². The number of anilines is 1. The molecule has 18 heavy (non-hydrogen) atoms. The Bertz CT molecular complexity index is 540. The molecule has 0 aliphatic heterocycles. The molecular weight excluding hydrogens is 254 g/mol. The molecule has 5 nitrogen and oxygen atoms in total. The van der Waals surface area contributed by atoms with Crippen molar-refractivity contribution in [2.45, 2.75) is 6.54 Å². The van der Waals surface area contributed by atoms with Gasteiger partial charge in [0, 0.05) is 12.7 Å². The molecule has 0 spiro atoms. The van der Waals surface area contributed by atoms with E-state index in [1.54, 1.807) is 31.4 Å². The summed E-state index contributed by atoms with van der Waals surface area (Å²) in [6.07, 6.45) is 3.00. The predicted octanol–water partition coefficient (Wildman–Crippen LogP) is 2.30. The number of hydrogen-bond donors (Lipinski definition) is 2. The van der Waals surface area contributed by atoms with Gasteiger partial charge in [0.15, 0.2) is 6.39 Å². The number of benzene rings is 1. The molecule has 0 saturated heterocycles. The fourth-order valence-electron chi connectivity index (χ4n) is 1.46. The van der Waals surface area contributed by atoms with Crippen LogP contribution < -0.4 is 10.6 Å². The van der Waals surface area contributed by atoms with E-state index in [4.69, 9.17) is 16.0 Å². The molecule has 0 unspecified atom stereocenters. The maximum absolute atomic E-state index is 11.6. The van der Waals surface area contributed by atoms with Gasteiger partial charge in [0.05, 0.1) is 23.3 Å². The van der Waals surface area contributed by atoms with Crippen LogP contribution in [-0.4, -0.2) is 17.9 Å². The highest BCUT2D eigenvalue weighted by Crippen LogP contribution is 2.21. The molecule has 0 saturated carbocycles. The smallest absolute Gasteiger partial charge is 0.252 e. The molecule has 0 bridgehead atoms. The van der Waals surface area contributed by atoms with Gasteiger partial charge in [-0.25, -0.2) is 4.98 Å². The highest BCUT2D eigenvalue weighted by atomic mass is 35.5. The van der Waals surface area contributed by atoms with Crippen molar-refractivity contribution >= 4 is 23.2 Å². The highest BCUT2D eigenvalue weighted by Gasteiger charge is 2.09. The van der Waals surface area contributed by atoms with E-state index in [1.807, 2.05) is 0 Å². The van der Waals surface area contributed by atoms with E-state index >= 15 is 0 Å². The molecule has 0 atom stereocenters. The lowest BCUT2D eigenvalue weighted by molar-refractivity contribution is 0.0963. The molecule has 0 aliphatic carbocycles. The Morgan fingerprint density at radius 2 is 2.33 bits per heavy atom. The van der Waals surface area contributed by atoms with Gasteiger partial charge >= 0.3 is 0 Å². The van der Waals surface area contributed by atoms with Gasteiger partial charge in [0.1, 0.15) is 5.76 Å². The zero-order chi connectivity index (χ0) is 13.0. The average molecular weight is 266 g/mol. The molecule has 1 aromatic heterocycles. The summed E-state index contributed by atoms with van der Waals surface area (Å²) in [5.41, 5.74) is 1.22. The van der Waals surface area contributed by atoms with Crippen LogP contribution in [0.15, 0.2) is 35.2 Å². The number of nitrogens with one attached hydrogen (secondary N) is 2. The summed E-state index contributed by atoms with van der Waals surface area (Å²) >= 11 is 5.95. The van der Waals surface area contributed by atoms with E-state index in [-0.39, 0.29) is 5.91 Å². The number of hydrogen-bond acceptors (Lipinski definition) is 4. The average Bonchev–Trinajstić information content (AvgIpc) is 2.90. The minimum absolute atomic E-state index is 0.219. The lowest BCUT2D eigenvalue weighted by Crippen LogP contribution is -2.18. The molecule has 0 fully saturated rings. The van der Waals surface area contributed by atoms with Gasteiger partial charge in [-0.2, -0.15) is 0 Å². The van der Waals surface area contributed by atoms with Crippen LogP contribution in [0.2, 0.25) is 5.02 Å². The second kappa shape index (κ2) is 5.55. The van der Waals surface area contributed by atoms with Gasteiger partial charge in [-0.05, 0) is 18.2 Å². The third-order valence-corrected chi connectivity index (χ3v) is 2.72. The van der Waals surface area contributed by atoms with E-state index in [0.717, 1.165) is 5.69 Å². The molecule has 94 valence electrons. The number of carbonyl (C=O) groups is 1. The number of aromatic nitrogens is 1. The van der Waals surface area contributed by atoms with Gasteiger partial charge in [0.25, 0.3) is 5.91 Å². The van der Waals surface area contributed by atoms with Crippen LogP contribution in [-0.2, 0) is 6.54 Å². The Balaban J connectivity index is 2.12. The zero-order valence-electron chi connectivity index (χ0n) is 9.74. The fraction of sp³-hybridized carbons (Fsp3) is 0.167. The maximum atomic E-state index is 11.6. The summed E-state index contributed by atoms with van der Waals surface area (Å²) < 4.78 is 5.10. The first kappa shape index (κ1) is 12.4. The Kier molecular flexibility index (Phi) is 3.84. The topological polar surface area (TPSA) is 67.2 Å². The maximum Gasteiger partial charge on any atom is 0.252 e. The van der Waals surface area contributed by atoms with Crippen LogP contribution in [0.3, 0.4) is 0 Å². The van der Waals surface area contributed by atoms with Crippen LogP contribution in [0, 0.1) is 0 Å². The molecule has 0 aliphatic rings. The second-order valence-electron chi connectivity index (χ2n) is 3.60. The van der Waals surface area contributed by atoms with Crippen LogP contribution in [0.1, 0.15) is 16.1 Å². The van der Waals surface area contributed by atoms with Crippen molar-refractivity contribution in [1.29, 1.82) is 0 Å². The fourth-order valence-corrected chi connectivity index (χ4v) is 1.67. The van der Waals surface area contributed by atoms with Gasteiger partial charge in [-0.3, -0.25) is 4.79 Å². The lowest BCUT2D eigenvalue weighted by atomic mass is 10.2. The van der Waals surface area contributed by atoms with Crippen LogP contribution >= 0.6 is 11.6 Å². The van der Waals surface area contributed by atoms with Crippen molar-refractivity contribution < 1.29 is 9.21 Å². The van der Waals surface area contributed by atoms with E-state index in [9.17, 15) is 4.79 Å². The van der Waals surface area contributed by atoms with Crippen molar-refractivity contribution in [3.8, 4) is 0 Å². The summed E-state index contributed by atoms with van der Waals surface area (Å²) in [7, 11) is 1.56. The largest absolute Gasteiger partial charge is 0.447 e. The zero-order valence-corrected chi connectivity index (χ0v) is 10.5. The van der Waals surface area contributed by atoms with Crippen LogP contribution in [0.4, 0.5) is 5.69 Å². The first-order valence-electron chi connectivity index (χ1n) is 5.33. The lowest BCUT2D eigenvalue weighted by Gasteiger charge is -2.08. The van der Waals surface area contributed by atoms with Crippen molar-refractivity contribution in [2.24, 2.45) is 0 Å². The standard InChI is InChI=1S/C12H12ClN3O2/c1-14-12(17)10-4-8(2-3-11(10)13)16-6-9-5-15-7-18-9/h2-5,7,16H,6H2,1H3,(H,14,17). The molecule has 0 radical (unpaired) electrons. The van der Waals surface area contributed by atoms with Gasteiger partial charge in [-0.1, -0.05) is 11.6 Å². The summed E-state index contributed by atoms with van der Waals surface area (Å²) in [5.74, 6) is 0.495. The molecule has 1 amide bonds. The summed E-state index contributed by atoms with van der Waals surface area (Å²) in [6, 6.07) is 5.16. The predicted molar refractivity (Wildman–Crippen MR) is 68.7 cm³/mol. The number of rotatable bonds is 4. The third-order valence-electron chi connectivity index (χ3n) is 2.39. The highest BCUT2D eigenvalue weighted by molar-refractivity contribution is 6.34. The van der Waals surface area contributed by atoms with Crippen molar-refractivity contribution in [2.75, 3.05) is 12.4 Å². The Hall–Kier alpha value is -2.01. The number of halogens is 1. The number of carbonyl (C=O) groups excluding carboxylic acids is 1. The van der Waals surface area contributed by atoms with Crippen molar-refractivity contribution in [3.63, 3.8) is 0 Å². The van der Waals surface area contributed by atoms with E-state index in [1.165, 1.54) is 6.39 Å². The molecule has 6 heteroatoms. The molecular formula is C12H12ClN3O2. The van der Waals surface area contributed by atoms with Crippen molar-refractivity contribution in [1.82, 2.24) is 10.3 Å².